The molecule has 7 nitrogen and oxygen atoms in total. The van der Waals surface area contributed by atoms with Crippen molar-refractivity contribution >= 4 is 50.6 Å². The molecule has 156 valence electrons. The van der Waals surface area contributed by atoms with Crippen molar-refractivity contribution in [2.45, 2.75) is 6.18 Å². The number of nitrogens with one attached hydrogen (secondary N) is 3. The van der Waals surface area contributed by atoms with Gasteiger partial charge in [-0.25, -0.2) is 9.59 Å². The lowest BCUT2D eigenvalue weighted by molar-refractivity contribution is -0.142. The van der Waals surface area contributed by atoms with E-state index in [0.29, 0.717) is 21.2 Å². The highest BCUT2D eigenvalue weighted by atomic mass is 79.9. The molecule has 0 bridgehead atoms. The van der Waals surface area contributed by atoms with Crippen molar-refractivity contribution in [3.8, 4) is 0 Å². The number of hydrogen-bond donors (Lipinski definition) is 3. The van der Waals surface area contributed by atoms with Gasteiger partial charge in [0.25, 0.3) is 5.91 Å². The Morgan fingerprint density at radius 2 is 1.83 bits per heavy atom. The first kappa shape index (κ1) is 21.4. The molecular formula is C19H13BrF3N3O4. The van der Waals surface area contributed by atoms with Crippen LogP contribution in [-0.2, 0) is 20.5 Å². The second-order valence-corrected chi connectivity index (χ2v) is 6.92. The van der Waals surface area contributed by atoms with Gasteiger partial charge < -0.3 is 20.0 Å². The fourth-order valence-electron chi connectivity index (χ4n) is 2.51. The Morgan fingerprint density at radius 1 is 1.13 bits per heavy atom. The minimum Gasteiger partial charge on any atom is -0.452 e. The van der Waals surface area contributed by atoms with Gasteiger partial charge in [0, 0.05) is 10.5 Å². The quantitative estimate of drug-likeness (QED) is 0.378. The minimum absolute atomic E-state index is 0.156. The minimum atomic E-state index is -4.49. The maximum Gasteiger partial charge on any atom is 0.416 e. The van der Waals surface area contributed by atoms with Gasteiger partial charge in [-0.05, 0) is 51.8 Å². The third-order valence-electron chi connectivity index (χ3n) is 3.85. The van der Waals surface area contributed by atoms with E-state index in [1.807, 2.05) is 0 Å². The molecule has 11 heteroatoms. The molecule has 30 heavy (non-hydrogen) atoms. The molecule has 0 saturated carbocycles. The first-order valence-electron chi connectivity index (χ1n) is 8.35. The summed E-state index contributed by atoms with van der Waals surface area (Å²) in [7, 11) is 0. The van der Waals surface area contributed by atoms with E-state index in [4.69, 9.17) is 4.74 Å². The van der Waals surface area contributed by atoms with E-state index in [0.717, 1.165) is 24.3 Å². The SMILES string of the molecule is O=C(COC(=O)C=Cc1cccc(C(F)(F)F)c1)Nc1cc2[nH]c(=O)[nH]c2cc1Br. The predicted molar refractivity (Wildman–Crippen MR) is 107 cm³/mol. The number of halogens is 4. The molecule has 3 rings (SSSR count). The first-order valence-corrected chi connectivity index (χ1v) is 9.14. The van der Waals surface area contributed by atoms with Crippen molar-refractivity contribution < 1.29 is 27.5 Å². The molecule has 2 aromatic carbocycles. The van der Waals surface area contributed by atoms with E-state index < -0.39 is 35.9 Å². The van der Waals surface area contributed by atoms with E-state index in [1.165, 1.54) is 18.2 Å². The number of H-pyrrole nitrogens is 2. The molecule has 0 saturated heterocycles. The molecule has 1 aromatic heterocycles. The number of imidazole rings is 1. The Morgan fingerprint density at radius 3 is 2.53 bits per heavy atom. The predicted octanol–water partition coefficient (Wildman–Crippen LogP) is 3.83. The van der Waals surface area contributed by atoms with Crippen LogP contribution < -0.4 is 11.0 Å². The van der Waals surface area contributed by atoms with Gasteiger partial charge in [-0.15, -0.1) is 0 Å². The van der Waals surface area contributed by atoms with E-state index in [9.17, 15) is 27.6 Å². The number of alkyl halides is 3. The van der Waals surface area contributed by atoms with Crippen molar-refractivity contribution in [3.05, 3.63) is 68.6 Å². The van der Waals surface area contributed by atoms with Gasteiger partial charge in [-0.3, -0.25) is 4.79 Å². The fourth-order valence-corrected chi connectivity index (χ4v) is 2.95. The standard InChI is InChI=1S/C19H13BrF3N3O4/c20-12-7-14-15(26-18(29)25-14)8-13(12)24-16(27)9-30-17(28)5-4-10-2-1-3-11(6-10)19(21,22)23/h1-8H,9H2,(H,24,27)(H2,25,26,29). The molecule has 0 atom stereocenters. The second kappa shape index (κ2) is 8.57. The van der Waals surface area contributed by atoms with Gasteiger partial charge >= 0.3 is 17.8 Å². The zero-order chi connectivity index (χ0) is 21.9. The highest BCUT2D eigenvalue weighted by Crippen LogP contribution is 2.29. The first-order chi connectivity index (χ1) is 14.1. The molecule has 1 amide bonds. The molecule has 1 heterocycles. The summed E-state index contributed by atoms with van der Waals surface area (Å²) in [6, 6.07) is 7.52. The highest BCUT2D eigenvalue weighted by molar-refractivity contribution is 9.10. The summed E-state index contributed by atoms with van der Waals surface area (Å²) in [5.41, 5.74) is 0.267. The average molecular weight is 484 g/mol. The molecule has 0 aliphatic carbocycles. The van der Waals surface area contributed by atoms with Crippen LogP contribution in [0.4, 0.5) is 18.9 Å². The topological polar surface area (TPSA) is 104 Å². The third kappa shape index (κ3) is 5.38. The van der Waals surface area contributed by atoms with Crippen LogP contribution in [0.15, 0.2) is 51.7 Å². The van der Waals surface area contributed by atoms with E-state index >= 15 is 0 Å². The third-order valence-corrected chi connectivity index (χ3v) is 4.51. The number of amides is 1. The van der Waals surface area contributed by atoms with Crippen LogP contribution in [0.1, 0.15) is 11.1 Å². The van der Waals surface area contributed by atoms with Crippen LogP contribution in [0.3, 0.4) is 0 Å². The Hall–Kier alpha value is -3.34. The summed E-state index contributed by atoms with van der Waals surface area (Å²) in [5.74, 6) is -1.54. The number of benzene rings is 2. The highest BCUT2D eigenvalue weighted by Gasteiger charge is 2.30. The van der Waals surface area contributed by atoms with E-state index in [-0.39, 0.29) is 5.56 Å². The summed E-state index contributed by atoms with van der Waals surface area (Å²) >= 11 is 3.26. The van der Waals surface area contributed by atoms with Gasteiger partial charge in [0.1, 0.15) is 0 Å². The van der Waals surface area contributed by atoms with Gasteiger partial charge in [0.2, 0.25) is 0 Å². The maximum absolute atomic E-state index is 12.7. The average Bonchev–Trinajstić information content (AvgIpc) is 3.03. The molecule has 0 fully saturated rings. The van der Waals surface area contributed by atoms with Crippen molar-refractivity contribution in [1.82, 2.24) is 9.97 Å². The molecular weight excluding hydrogens is 471 g/mol. The Bertz CT molecular complexity index is 1200. The second-order valence-electron chi connectivity index (χ2n) is 6.07. The molecule has 3 N–H and O–H groups in total. The van der Waals surface area contributed by atoms with Crippen LogP contribution in [0.2, 0.25) is 0 Å². The van der Waals surface area contributed by atoms with Gasteiger partial charge in [0.05, 0.1) is 22.3 Å². The number of hydrogen-bond acceptors (Lipinski definition) is 4. The summed E-state index contributed by atoms with van der Waals surface area (Å²) in [4.78, 5) is 40.2. The van der Waals surface area contributed by atoms with Gasteiger partial charge in [-0.1, -0.05) is 12.1 Å². The summed E-state index contributed by atoms with van der Waals surface area (Å²) in [6.07, 6.45) is -2.41. The fraction of sp³-hybridized carbons (Fsp3) is 0.105. The number of aromatic nitrogens is 2. The van der Waals surface area contributed by atoms with E-state index in [1.54, 1.807) is 6.07 Å². The van der Waals surface area contributed by atoms with Crippen LogP contribution in [0.5, 0.6) is 0 Å². The summed E-state index contributed by atoms with van der Waals surface area (Å²) in [5, 5.41) is 2.52. The van der Waals surface area contributed by atoms with Crippen LogP contribution >= 0.6 is 15.9 Å². The number of anilines is 1. The lowest BCUT2D eigenvalue weighted by Gasteiger charge is -2.08. The lowest BCUT2D eigenvalue weighted by Crippen LogP contribution is -2.20. The number of carbonyl (C=O) groups is 2. The number of rotatable bonds is 5. The monoisotopic (exact) mass is 483 g/mol. The molecule has 0 unspecified atom stereocenters. The van der Waals surface area contributed by atoms with Crippen molar-refractivity contribution in [3.63, 3.8) is 0 Å². The number of fused-ring (bicyclic) bond motifs is 1. The van der Waals surface area contributed by atoms with Crippen molar-refractivity contribution in [2.75, 3.05) is 11.9 Å². The number of aromatic amines is 2. The largest absolute Gasteiger partial charge is 0.452 e. The maximum atomic E-state index is 12.7. The van der Waals surface area contributed by atoms with Crippen molar-refractivity contribution in [2.24, 2.45) is 0 Å². The number of esters is 1. The molecule has 0 aliphatic heterocycles. The number of carbonyl (C=O) groups excluding carboxylic acids is 2. The molecule has 0 radical (unpaired) electrons. The Balaban J connectivity index is 1.57. The Kier molecular flexibility index (Phi) is 6.11. The van der Waals surface area contributed by atoms with Crippen LogP contribution in [0.25, 0.3) is 17.1 Å². The zero-order valence-corrected chi connectivity index (χ0v) is 16.6. The molecule has 3 aromatic rings. The smallest absolute Gasteiger partial charge is 0.416 e. The summed E-state index contributed by atoms with van der Waals surface area (Å²) in [6.45, 7) is -0.611. The zero-order valence-electron chi connectivity index (χ0n) is 15.0. The summed E-state index contributed by atoms with van der Waals surface area (Å²) < 4.78 is 43.3. The molecule has 0 spiro atoms. The molecule has 0 aliphatic rings. The van der Waals surface area contributed by atoms with Crippen LogP contribution in [0, 0.1) is 0 Å². The van der Waals surface area contributed by atoms with E-state index in [2.05, 4.69) is 31.2 Å². The van der Waals surface area contributed by atoms with Gasteiger partial charge in [0.15, 0.2) is 6.61 Å². The lowest BCUT2D eigenvalue weighted by atomic mass is 10.1. The normalized spacial score (nSPS) is 11.7. The van der Waals surface area contributed by atoms with Gasteiger partial charge in [-0.2, -0.15) is 13.2 Å². The number of ether oxygens (including phenoxy) is 1. The van der Waals surface area contributed by atoms with Crippen molar-refractivity contribution in [1.29, 1.82) is 0 Å². The Labute approximate surface area is 175 Å². The van der Waals surface area contributed by atoms with Crippen LogP contribution in [-0.4, -0.2) is 28.5 Å².